The Hall–Kier alpha value is -2.63. The third-order valence-corrected chi connectivity index (χ3v) is 2.91. The van der Waals surface area contributed by atoms with Crippen LogP contribution < -0.4 is 10.7 Å². The van der Waals surface area contributed by atoms with E-state index in [9.17, 15) is 14.4 Å². The average Bonchev–Trinajstić information content (AvgIpc) is 2.42. The topological polar surface area (TPSA) is 88.4 Å². The maximum atomic E-state index is 12.0. The van der Waals surface area contributed by atoms with E-state index in [4.69, 9.17) is 5.11 Å². The number of likely N-dealkylation sites (N-methyl/N-ethyl adjacent to an activating group) is 1. The highest BCUT2D eigenvalue weighted by atomic mass is 16.4. The van der Waals surface area contributed by atoms with Crippen molar-refractivity contribution in [3.63, 3.8) is 0 Å². The Morgan fingerprint density at radius 3 is 2.65 bits per heavy atom. The van der Waals surface area contributed by atoms with E-state index in [1.165, 1.54) is 10.8 Å². The number of carbonyl (C=O) groups excluding carboxylic acids is 1. The Morgan fingerprint density at radius 2 is 2.00 bits per heavy atom. The van der Waals surface area contributed by atoms with Gasteiger partial charge in [-0.1, -0.05) is 12.1 Å². The van der Waals surface area contributed by atoms with E-state index >= 15 is 0 Å². The summed E-state index contributed by atoms with van der Waals surface area (Å²) in [7, 11) is 0. The van der Waals surface area contributed by atoms with Crippen molar-refractivity contribution in [1.82, 2.24) is 9.88 Å². The van der Waals surface area contributed by atoms with Gasteiger partial charge in [-0.05, 0) is 19.1 Å². The second kappa shape index (κ2) is 5.56. The van der Waals surface area contributed by atoms with E-state index in [1.54, 1.807) is 31.2 Å². The third kappa shape index (κ3) is 2.54. The van der Waals surface area contributed by atoms with Gasteiger partial charge in [-0.25, -0.2) is 4.79 Å². The molecule has 0 fully saturated rings. The Bertz CT molecular complexity index is 734. The van der Waals surface area contributed by atoms with Gasteiger partial charge in [0.1, 0.15) is 12.1 Å². The van der Waals surface area contributed by atoms with Gasteiger partial charge in [-0.2, -0.15) is 0 Å². The highest BCUT2D eigenvalue weighted by Gasteiger charge is 2.15. The second-order valence-corrected chi connectivity index (χ2v) is 4.28. The van der Waals surface area contributed by atoms with Gasteiger partial charge in [-0.3, -0.25) is 9.59 Å². The molecule has 2 rings (SSSR count). The Morgan fingerprint density at radius 1 is 1.30 bits per heavy atom. The lowest BCUT2D eigenvalue weighted by molar-refractivity contribution is -0.121. The molecule has 0 bridgehead atoms. The Labute approximate surface area is 114 Å². The van der Waals surface area contributed by atoms with Gasteiger partial charge >= 0.3 is 5.97 Å². The summed E-state index contributed by atoms with van der Waals surface area (Å²) in [6.07, 6.45) is 1.21. The first kappa shape index (κ1) is 13.8. The molecule has 20 heavy (non-hydrogen) atoms. The maximum absolute atomic E-state index is 12.0. The normalized spacial score (nSPS) is 10.4. The number of amides is 1. The standard InChI is InChI=1S/C14H14N2O4/c1-2-15-12(17)8-16-7-10(14(19)20)13(18)9-5-3-4-6-11(9)16/h3-7H,2,8H2,1H3,(H,15,17)(H,19,20). The smallest absolute Gasteiger partial charge is 0.341 e. The number of hydrogen-bond acceptors (Lipinski definition) is 3. The van der Waals surface area contributed by atoms with E-state index in [0.29, 0.717) is 12.1 Å². The number of para-hydroxylation sites is 1. The molecule has 0 spiro atoms. The number of aromatic carboxylic acids is 1. The van der Waals surface area contributed by atoms with Crippen LogP contribution in [0.1, 0.15) is 17.3 Å². The van der Waals surface area contributed by atoms with Crippen LogP contribution in [0.5, 0.6) is 0 Å². The van der Waals surface area contributed by atoms with Crippen molar-refractivity contribution < 1.29 is 14.7 Å². The van der Waals surface area contributed by atoms with Crippen LogP contribution in [0.4, 0.5) is 0 Å². The molecule has 6 heteroatoms. The summed E-state index contributed by atoms with van der Waals surface area (Å²) in [5.41, 5.74) is -0.345. The molecule has 0 saturated heterocycles. The lowest BCUT2D eigenvalue weighted by Gasteiger charge is -2.11. The molecule has 0 atom stereocenters. The molecule has 1 amide bonds. The van der Waals surface area contributed by atoms with Gasteiger partial charge in [0, 0.05) is 18.1 Å². The van der Waals surface area contributed by atoms with Crippen molar-refractivity contribution in [2.45, 2.75) is 13.5 Å². The molecule has 0 unspecified atom stereocenters. The molecule has 0 radical (unpaired) electrons. The highest BCUT2D eigenvalue weighted by molar-refractivity contribution is 5.93. The van der Waals surface area contributed by atoms with Crippen molar-refractivity contribution in [1.29, 1.82) is 0 Å². The lowest BCUT2D eigenvalue weighted by atomic mass is 10.1. The number of hydrogen-bond donors (Lipinski definition) is 2. The van der Waals surface area contributed by atoms with Crippen LogP contribution in [-0.2, 0) is 11.3 Å². The quantitative estimate of drug-likeness (QED) is 0.864. The predicted octanol–water partition coefficient (Wildman–Crippen LogP) is 0.836. The highest BCUT2D eigenvalue weighted by Crippen LogP contribution is 2.11. The Kier molecular flexibility index (Phi) is 3.84. The summed E-state index contributed by atoms with van der Waals surface area (Å²) in [5.74, 6) is -1.54. The zero-order valence-electron chi connectivity index (χ0n) is 10.9. The van der Waals surface area contributed by atoms with Crippen LogP contribution in [0, 0.1) is 0 Å². The van der Waals surface area contributed by atoms with Crippen LogP contribution in [-0.4, -0.2) is 28.1 Å². The maximum Gasteiger partial charge on any atom is 0.341 e. The molecular weight excluding hydrogens is 260 g/mol. The summed E-state index contributed by atoms with van der Waals surface area (Å²) in [6.45, 7) is 2.25. The number of pyridine rings is 1. The van der Waals surface area contributed by atoms with E-state index in [1.807, 2.05) is 0 Å². The van der Waals surface area contributed by atoms with Crippen molar-refractivity contribution in [3.05, 3.63) is 46.2 Å². The molecule has 2 N–H and O–H groups in total. The number of benzene rings is 1. The lowest BCUT2D eigenvalue weighted by Crippen LogP contribution is -2.28. The molecule has 2 aromatic rings. The fraction of sp³-hybridized carbons (Fsp3) is 0.214. The SMILES string of the molecule is CCNC(=O)Cn1cc(C(=O)O)c(=O)c2ccccc21. The monoisotopic (exact) mass is 274 g/mol. The molecule has 6 nitrogen and oxygen atoms in total. The van der Waals surface area contributed by atoms with E-state index in [2.05, 4.69) is 5.32 Å². The summed E-state index contributed by atoms with van der Waals surface area (Å²) < 4.78 is 1.48. The molecule has 1 heterocycles. The van der Waals surface area contributed by atoms with E-state index in [-0.39, 0.29) is 23.4 Å². The van der Waals surface area contributed by atoms with Crippen LogP contribution >= 0.6 is 0 Å². The minimum Gasteiger partial charge on any atom is -0.477 e. The number of fused-ring (bicyclic) bond motifs is 1. The number of carboxylic acids is 1. The first-order valence-corrected chi connectivity index (χ1v) is 6.16. The first-order valence-electron chi connectivity index (χ1n) is 6.16. The van der Waals surface area contributed by atoms with Gasteiger partial charge in [0.25, 0.3) is 0 Å². The molecule has 1 aromatic heterocycles. The van der Waals surface area contributed by atoms with Crippen molar-refractivity contribution in [3.8, 4) is 0 Å². The molecule has 0 aliphatic rings. The zero-order chi connectivity index (χ0) is 14.7. The molecule has 0 aliphatic carbocycles. The second-order valence-electron chi connectivity index (χ2n) is 4.28. The van der Waals surface area contributed by atoms with Crippen molar-refractivity contribution >= 4 is 22.8 Å². The molecule has 104 valence electrons. The van der Waals surface area contributed by atoms with Crippen LogP contribution in [0.3, 0.4) is 0 Å². The number of carboxylic acid groups (broad SMARTS) is 1. The minimum atomic E-state index is -1.30. The largest absolute Gasteiger partial charge is 0.477 e. The van der Waals surface area contributed by atoms with Crippen LogP contribution in [0.2, 0.25) is 0 Å². The Balaban J connectivity index is 2.63. The third-order valence-electron chi connectivity index (χ3n) is 2.91. The van der Waals surface area contributed by atoms with Gasteiger partial charge < -0.3 is 15.0 Å². The van der Waals surface area contributed by atoms with E-state index < -0.39 is 11.4 Å². The average molecular weight is 274 g/mol. The van der Waals surface area contributed by atoms with Gasteiger partial charge in [0.15, 0.2) is 0 Å². The number of nitrogens with one attached hydrogen (secondary N) is 1. The molecule has 0 saturated carbocycles. The summed E-state index contributed by atoms with van der Waals surface area (Å²) in [6, 6.07) is 6.63. The first-order chi connectivity index (χ1) is 9.54. The molecule has 0 aliphatic heterocycles. The van der Waals surface area contributed by atoms with Gasteiger partial charge in [0.05, 0.1) is 5.52 Å². The number of rotatable bonds is 4. The van der Waals surface area contributed by atoms with Crippen molar-refractivity contribution in [2.24, 2.45) is 0 Å². The number of nitrogens with zero attached hydrogens (tertiary/aromatic N) is 1. The summed E-state index contributed by atoms with van der Waals surface area (Å²) in [4.78, 5) is 34.8. The zero-order valence-corrected chi connectivity index (χ0v) is 10.9. The van der Waals surface area contributed by atoms with Gasteiger partial charge in [0.2, 0.25) is 11.3 Å². The molecular formula is C14H14N2O4. The molecule has 1 aromatic carbocycles. The summed E-state index contributed by atoms with van der Waals surface area (Å²) in [5, 5.41) is 12.0. The number of carbonyl (C=O) groups is 2. The van der Waals surface area contributed by atoms with Gasteiger partial charge in [-0.15, -0.1) is 0 Å². The fourth-order valence-corrected chi connectivity index (χ4v) is 2.04. The fourth-order valence-electron chi connectivity index (χ4n) is 2.04. The van der Waals surface area contributed by atoms with Crippen molar-refractivity contribution in [2.75, 3.05) is 6.54 Å². The van der Waals surface area contributed by atoms with Crippen LogP contribution in [0.15, 0.2) is 35.3 Å². The predicted molar refractivity (Wildman–Crippen MR) is 73.9 cm³/mol. The van der Waals surface area contributed by atoms with Crippen LogP contribution in [0.25, 0.3) is 10.9 Å². The minimum absolute atomic E-state index is 0.0328. The van der Waals surface area contributed by atoms with E-state index in [0.717, 1.165) is 0 Å². The summed E-state index contributed by atoms with van der Waals surface area (Å²) >= 11 is 0. The number of aromatic nitrogens is 1.